The lowest BCUT2D eigenvalue weighted by atomic mass is 9.70. The number of nitrogens with zero attached hydrogens (tertiary/aromatic N) is 2. The average molecular weight is 585 g/mol. The van der Waals surface area contributed by atoms with Gasteiger partial charge in [0.1, 0.15) is 0 Å². The number of fused-ring (bicyclic) bond motifs is 13. The summed E-state index contributed by atoms with van der Waals surface area (Å²) in [5.74, 6) is 0. The van der Waals surface area contributed by atoms with E-state index in [2.05, 4.69) is 168 Å². The molecular formula is C44H28N2. The summed E-state index contributed by atoms with van der Waals surface area (Å²) in [6.45, 7) is 0. The maximum absolute atomic E-state index is 4.92. The van der Waals surface area contributed by atoms with Crippen LogP contribution in [0, 0.1) is 0 Å². The molecule has 2 aliphatic rings. The van der Waals surface area contributed by atoms with Crippen LogP contribution in [0.2, 0.25) is 0 Å². The average Bonchev–Trinajstić information content (AvgIpc) is 3.72. The molecule has 10 rings (SSSR count). The number of pyridine rings is 1. The number of aromatic nitrogens is 2. The maximum Gasteiger partial charge on any atom is 0.0753 e. The van der Waals surface area contributed by atoms with Crippen LogP contribution in [0.1, 0.15) is 33.4 Å². The van der Waals surface area contributed by atoms with E-state index in [1.54, 1.807) is 0 Å². The number of benzene rings is 6. The number of para-hydroxylation sites is 2. The summed E-state index contributed by atoms with van der Waals surface area (Å²) in [5, 5.41) is 2.53. The van der Waals surface area contributed by atoms with Gasteiger partial charge in [0.15, 0.2) is 0 Å². The Bertz CT molecular complexity index is 2470. The van der Waals surface area contributed by atoms with Crippen molar-refractivity contribution in [3.05, 3.63) is 191 Å². The predicted octanol–water partition coefficient (Wildman–Crippen LogP) is 10.7. The highest BCUT2D eigenvalue weighted by Gasteiger charge is 2.52. The van der Waals surface area contributed by atoms with E-state index in [0.717, 1.165) is 5.69 Å². The van der Waals surface area contributed by atoms with Crippen LogP contribution in [-0.4, -0.2) is 9.55 Å². The van der Waals surface area contributed by atoms with Crippen molar-refractivity contribution in [3.8, 4) is 28.1 Å². The van der Waals surface area contributed by atoms with Crippen molar-refractivity contribution in [2.75, 3.05) is 0 Å². The third-order valence-electron chi connectivity index (χ3n) is 10.0. The van der Waals surface area contributed by atoms with Crippen LogP contribution in [0.25, 0.3) is 62.0 Å². The van der Waals surface area contributed by atoms with Gasteiger partial charge in [-0.1, -0.05) is 121 Å². The molecule has 2 aromatic heterocycles. The molecule has 8 aromatic rings. The summed E-state index contributed by atoms with van der Waals surface area (Å²) in [7, 11) is 0. The van der Waals surface area contributed by atoms with Gasteiger partial charge in [0, 0.05) is 28.2 Å². The van der Waals surface area contributed by atoms with Gasteiger partial charge in [-0.05, 0) is 87.0 Å². The van der Waals surface area contributed by atoms with E-state index in [1.165, 1.54) is 77.6 Å². The van der Waals surface area contributed by atoms with E-state index in [9.17, 15) is 0 Å². The molecule has 1 spiro atoms. The molecule has 2 heteroatoms. The lowest BCUT2D eigenvalue weighted by Crippen LogP contribution is -2.26. The van der Waals surface area contributed by atoms with Crippen molar-refractivity contribution in [2.24, 2.45) is 0 Å². The first kappa shape index (κ1) is 25.3. The first-order valence-electron chi connectivity index (χ1n) is 15.9. The van der Waals surface area contributed by atoms with Gasteiger partial charge < -0.3 is 4.57 Å². The van der Waals surface area contributed by atoms with Gasteiger partial charge in [-0.3, -0.25) is 4.98 Å². The minimum atomic E-state index is -0.381. The van der Waals surface area contributed by atoms with E-state index in [-0.39, 0.29) is 5.41 Å². The number of rotatable bonds is 3. The first-order chi connectivity index (χ1) is 22.8. The monoisotopic (exact) mass is 584 g/mol. The Morgan fingerprint density at radius 3 is 1.96 bits per heavy atom. The molecular weight excluding hydrogens is 556 g/mol. The molecule has 0 amide bonds. The Labute approximate surface area is 267 Å². The Hall–Kier alpha value is -5.99. The molecule has 2 aliphatic carbocycles. The van der Waals surface area contributed by atoms with Crippen LogP contribution < -0.4 is 0 Å². The largest absolute Gasteiger partial charge is 0.309 e. The van der Waals surface area contributed by atoms with Crippen LogP contribution in [-0.2, 0) is 5.41 Å². The summed E-state index contributed by atoms with van der Waals surface area (Å²) in [5.41, 5.74) is 15.8. The van der Waals surface area contributed by atoms with Gasteiger partial charge in [-0.25, -0.2) is 0 Å². The van der Waals surface area contributed by atoms with E-state index < -0.39 is 0 Å². The molecule has 0 N–H and O–H groups in total. The zero-order valence-electron chi connectivity index (χ0n) is 25.1. The molecule has 2 nitrogen and oxygen atoms in total. The van der Waals surface area contributed by atoms with Crippen molar-refractivity contribution < 1.29 is 0 Å². The summed E-state index contributed by atoms with van der Waals surface area (Å²) in [6, 6.07) is 55.2. The number of hydrogen-bond donors (Lipinski definition) is 0. The molecule has 0 aliphatic heterocycles. The smallest absolute Gasteiger partial charge is 0.0753 e. The van der Waals surface area contributed by atoms with Crippen LogP contribution >= 0.6 is 0 Å². The fourth-order valence-electron chi connectivity index (χ4n) is 8.21. The van der Waals surface area contributed by atoms with Gasteiger partial charge in [0.25, 0.3) is 0 Å². The molecule has 0 bridgehead atoms. The third kappa shape index (κ3) is 3.33. The van der Waals surface area contributed by atoms with Crippen molar-refractivity contribution in [2.45, 2.75) is 5.41 Å². The fraction of sp³-hybridized carbons (Fsp3) is 0.0227. The Morgan fingerprint density at radius 1 is 0.457 bits per heavy atom. The standard InChI is InChI=1S/C44H28N2/c1-2-11-31(12-3-1)46-41-19-9-6-14-34(41)36-27-29(23-25-42(36)46)20-21-30-22-24-33-32-13-4-7-16-37(32)44(40(33)28-30)38-17-8-5-15-35(38)43-39(44)18-10-26-45-43/h1-28H/b21-20+. The minimum Gasteiger partial charge on any atom is -0.309 e. The van der Waals surface area contributed by atoms with Crippen molar-refractivity contribution >= 4 is 34.0 Å². The van der Waals surface area contributed by atoms with Gasteiger partial charge in [-0.15, -0.1) is 0 Å². The predicted molar refractivity (Wildman–Crippen MR) is 190 cm³/mol. The fourth-order valence-corrected chi connectivity index (χ4v) is 8.21. The van der Waals surface area contributed by atoms with E-state index in [1.807, 2.05) is 6.20 Å². The van der Waals surface area contributed by atoms with Crippen molar-refractivity contribution in [1.82, 2.24) is 9.55 Å². The molecule has 0 fully saturated rings. The molecule has 214 valence electrons. The summed E-state index contributed by atoms with van der Waals surface area (Å²) in [6.07, 6.45) is 6.44. The zero-order valence-corrected chi connectivity index (χ0v) is 25.1. The second kappa shape index (κ2) is 9.50. The quantitative estimate of drug-likeness (QED) is 0.189. The van der Waals surface area contributed by atoms with Crippen LogP contribution in [0.4, 0.5) is 0 Å². The van der Waals surface area contributed by atoms with Gasteiger partial charge in [-0.2, -0.15) is 0 Å². The van der Waals surface area contributed by atoms with Crippen LogP contribution in [0.3, 0.4) is 0 Å². The molecule has 6 aromatic carbocycles. The number of hydrogen-bond acceptors (Lipinski definition) is 1. The van der Waals surface area contributed by atoms with Gasteiger partial charge >= 0.3 is 0 Å². The van der Waals surface area contributed by atoms with E-state index >= 15 is 0 Å². The molecule has 1 unspecified atom stereocenters. The SMILES string of the molecule is C(=C\c1ccc2c(c1)c1ccccc1n2-c1ccccc1)/c1ccc2c(c1)C1(c3ccccc3-2)c2ccccc2-c2ncccc21. The van der Waals surface area contributed by atoms with Gasteiger partial charge in [0.2, 0.25) is 0 Å². The molecule has 0 radical (unpaired) electrons. The second-order valence-electron chi connectivity index (χ2n) is 12.3. The molecule has 0 saturated heterocycles. The third-order valence-corrected chi connectivity index (χ3v) is 10.0. The van der Waals surface area contributed by atoms with Crippen LogP contribution in [0.5, 0.6) is 0 Å². The van der Waals surface area contributed by atoms with Crippen molar-refractivity contribution in [1.29, 1.82) is 0 Å². The lowest BCUT2D eigenvalue weighted by Gasteiger charge is -2.30. The van der Waals surface area contributed by atoms with E-state index in [4.69, 9.17) is 4.98 Å². The van der Waals surface area contributed by atoms with Gasteiger partial charge in [0.05, 0.1) is 22.1 Å². The highest BCUT2D eigenvalue weighted by molar-refractivity contribution is 6.10. The highest BCUT2D eigenvalue weighted by Crippen LogP contribution is 2.62. The second-order valence-corrected chi connectivity index (χ2v) is 12.3. The maximum atomic E-state index is 4.92. The topological polar surface area (TPSA) is 17.8 Å². The Morgan fingerprint density at radius 2 is 1.09 bits per heavy atom. The molecule has 0 saturated carbocycles. The van der Waals surface area contributed by atoms with Crippen LogP contribution in [0.15, 0.2) is 158 Å². The lowest BCUT2D eigenvalue weighted by molar-refractivity contribution is 0.791. The minimum absolute atomic E-state index is 0.381. The first-order valence-corrected chi connectivity index (χ1v) is 15.9. The molecule has 2 heterocycles. The molecule has 46 heavy (non-hydrogen) atoms. The summed E-state index contributed by atoms with van der Waals surface area (Å²) in [4.78, 5) is 4.92. The Kier molecular flexibility index (Phi) is 5.24. The van der Waals surface area contributed by atoms with E-state index in [0.29, 0.717) is 0 Å². The van der Waals surface area contributed by atoms with Crippen molar-refractivity contribution in [3.63, 3.8) is 0 Å². The summed E-state index contributed by atoms with van der Waals surface area (Å²) < 4.78 is 2.36. The normalized spacial score (nSPS) is 15.8. The molecule has 1 atom stereocenters. The highest BCUT2D eigenvalue weighted by atomic mass is 15.0. The summed E-state index contributed by atoms with van der Waals surface area (Å²) >= 11 is 0. The zero-order chi connectivity index (χ0) is 30.2. The Balaban J connectivity index is 1.13.